The number of amides is 1. The highest BCUT2D eigenvalue weighted by molar-refractivity contribution is 7.89. The fourth-order valence-electron chi connectivity index (χ4n) is 4.57. The van der Waals surface area contributed by atoms with Gasteiger partial charge in [-0.25, -0.2) is 17.7 Å². The normalized spacial score (nSPS) is 29.6. The molecule has 4 rings (SSSR count). The number of likely N-dealkylation sites (tertiary alicyclic amines) is 1. The smallest absolute Gasteiger partial charge is 0.230 e. The summed E-state index contributed by atoms with van der Waals surface area (Å²) in [6.07, 6.45) is 6.92. The summed E-state index contributed by atoms with van der Waals surface area (Å²) in [5, 5.41) is 0. The van der Waals surface area contributed by atoms with Crippen LogP contribution in [0.3, 0.4) is 0 Å². The predicted octanol–water partition coefficient (Wildman–Crippen LogP) is 1.84. The molecule has 1 saturated carbocycles. The van der Waals surface area contributed by atoms with Gasteiger partial charge < -0.3 is 9.47 Å². The molecule has 3 aliphatic rings. The van der Waals surface area contributed by atoms with Crippen molar-refractivity contribution in [3.63, 3.8) is 0 Å². The molecule has 1 aliphatic carbocycles. The fraction of sp³-hybridized carbons (Fsp3) is 0.789. The molecule has 27 heavy (non-hydrogen) atoms. The van der Waals surface area contributed by atoms with E-state index >= 15 is 0 Å². The molecule has 3 heterocycles. The molecule has 0 aromatic carbocycles. The van der Waals surface area contributed by atoms with Crippen LogP contribution in [0.2, 0.25) is 0 Å². The van der Waals surface area contributed by atoms with Crippen LogP contribution in [0, 0.1) is 11.3 Å². The minimum Gasteiger partial charge on any atom is -0.342 e. The van der Waals surface area contributed by atoms with Crippen molar-refractivity contribution in [1.29, 1.82) is 0 Å². The lowest BCUT2D eigenvalue weighted by atomic mass is 9.75. The van der Waals surface area contributed by atoms with Crippen molar-refractivity contribution < 1.29 is 13.2 Å². The Hall–Kier alpha value is -1.41. The van der Waals surface area contributed by atoms with E-state index in [0.717, 1.165) is 18.8 Å². The van der Waals surface area contributed by atoms with E-state index in [0.29, 0.717) is 25.4 Å². The highest BCUT2D eigenvalue weighted by Gasteiger charge is 2.59. The van der Waals surface area contributed by atoms with Crippen molar-refractivity contribution in [2.24, 2.45) is 11.3 Å². The molecule has 1 aromatic heterocycles. The molecule has 0 unspecified atom stereocenters. The average Bonchev–Trinajstić information content (AvgIpc) is 3.06. The van der Waals surface area contributed by atoms with Gasteiger partial charge in [0.15, 0.2) is 0 Å². The highest BCUT2D eigenvalue weighted by Crippen LogP contribution is 2.51. The van der Waals surface area contributed by atoms with Crippen LogP contribution in [0.1, 0.15) is 57.7 Å². The van der Waals surface area contributed by atoms with Gasteiger partial charge in [-0.05, 0) is 46.0 Å². The largest absolute Gasteiger partial charge is 0.342 e. The van der Waals surface area contributed by atoms with E-state index in [-0.39, 0.29) is 23.6 Å². The van der Waals surface area contributed by atoms with Crippen molar-refractivity contribution in [2.75, 3.05) is 31.9 Å². The number of aromatic nitrogens is 2. The Labute approximate surface area is 161 Å². The molecule has 7 nitrogen and oxygen atoms in total. The van der Waals surface area contributed by atoms with E-state index in [9.17, 15) is 13.2 Å². The molecule has 3 fully saturated rings. The first-order chi connectivity index (χ1) is 12.8. The van der Waals surface area contributed by atoms with Crippen LogP contribution in [0.15, 0.2) is 12.5 Å². The summed E-state index contributed by atoms with van der Waals surface area (Å²) in [5.74, 6) is 0.665. The van der Waals surface area contributed by atoms with Gasteiger partial charge >= 0.3 is 0 Å². The van der Waals surface area contributed by atoms with E-state index in [4.69, 9.17) is 0 Å². The monoisotopic (exact) mass is 394 g/mol. The lowest BCUT2D eigenvalue weighted by molar-refractivity contribution is -0.136. The average molecular weight is 395 g/mol. The van der Waals surface area contributed by atoms with Crippen molar-refractivity contribution in [1.82, 2.24) is 18.8 Å². The minimum absolute atomic E-state index is 0.0657. The van der Waals surface area contributed by atoms with E-state index < -0.39 is 15.4 Å². The van der Waals surface area contributed by atoms with E-state index in [1.807, 2.05) is 15.7 Å². The molecule has 2 aliphatic heterocycles. The van der Waals surface area contributed by atoms with E-state index in [1.54, 1.807) is 13.3 Å². The highest BCUT2D eigenvalue weighted by atomic mass is 32.2. The summed E-state index contributed by atoms with van der Waals surface area (Å²) in [6.45, 7) is 8.05. The molecule has 1 amide bonds. The third kappa shape index (κ3) is 3.20. The Balaban J connectivity index is 1.68. The van der Waals surface area contributed by atoms with Gasteiger partial charge in [0.25, 0.3) is 0 Å². The number of carbonyl (C=O) groups excluding carboxylic acids is 1. The minimum atomic E-state index is -3.34. The van der Waals surface area contributed by atoms with Gasteiger partial charge in [-0.15, -0.1) is 0 Å². The Morgan fingerprint density at radius 2 is 2.07 bits per heavy atom. The second-order valence-electron chi connectivity index (χ2n) is 8.69. The third-order valence-electron chi connectivity index (χ3n) is 6.56. The maximum absolute atomic E-state index is 13.4. The molecule has 0 N–H and O–H groups in total. The topological polar surface area (TPSA) is 75.5 Å². The van der Waals surface area contributed by atoms with Crippen LogP contribution in [-0.4, -0.2) is 65.0 Å². The Bertz CT molecular complexity index is 830. The van der Waals surface area contributed by atoms with Gasteiger partial charge in [-0.3, -0.25) is 4.79 Å². The van der Waals surface area contributed by atoms with Crippen molar-refractivity contribution in [2.45, 2.75) is 52.0 Å². The van der Waals surface area contributed by atoms with Gasteiger partial charge in [0.1, 0.15) is 0 Å². The standard InChI is InChI=1S/C19H30N4O3S/c1-4-27(25,26)23-10-16(17-11-22(13-20-17)14(2)3)19(12-23)7-8-21(18(19)24)9-15-5-6-15/h11,13-16H,4-10,12H2,1-3H3/t16-,19-/m0/s1. The lowest BCUT2D eigenvalue weighted by Gasteiger charge is -2.28. The number of rotatable bonds is 6. The van der Waals surface area contributed by atoms with Gasteiger partial charge in [0.2, 0.25) is 15.9 Å². The maximum Gasteiger partial charge on any atom is 0.230 e. The summed E-state index contributed by atoms with van der Waals surface area (Å²) >= 11 is 0. The third-order valence-corrected chi connectivity index (χ3v) is 8.36. The lowest BCUT2D eigenvalue weighted by Crippen LogP contribution is -2.41. The zero-order chi connectivity index (χ0) is 19.4. The predicted molar refractivity (Wildman–Crippen MR) is 103 cm³/mol. The molecular weight excluding hydrogens is 364 g/mol. The first kappa shape index (κ1) is 18.9. The Morgan fingerprint density at radius 1 is 1.33 bits per heavy atom. The summed E-state index contributed by atoms with van der Waals surface area (Å²) in [5.41, 5.74) is 0.187. The maximum atomic E-state index is 13.4. The second-order valence-corrected chi connectivity index (χ2v) is 10.9. The molecule has 1 aromatic rings. The number of carbonyl (C=O) groups is 1. The van der Waals surface area contributed by atoms with Crippen LogP contribution in [0.25, 0.3) is 0 Å². The Morgan fingerprint density at radius 3 is 2.67 bits per heavy atom. The molecule has 8 heteroatoms. The fourth-order valence-corrected chi connectivity index (χ4v) is 5.74. The van der Waals surface area contributed by atoms with Crippen LogP contribution in [-0.2, 0) is 14.8 Å². The van der Waals surface area contributed by atoms with Crippen LogP contribution in [0.5, 0.6) is 0 Å². The van der Waals surface area contributed by atoms with Crippen LogP contribution in [0.4, 0.5) is 0 Å². The number of hydrogen-bond donors (Lipinski definition) is 0. The first-order valence-corrected chi connectivity index (χ1v) is 11.7. The molecule has 2 atom stereocenters. The molecule has 0 radical (unpaired) electrons. The summed E-state index contributed by atoms with van der Waals surface area (Å²) in [6, 6.07) is 0.282. The number of imidazole rings is 1. The molecule has 2 saturated heterocycles. The van der Waals surface area contributed by atoms with Gasteiger partial charge in [0, 0.05) is 44.3 Å². The van der Waals surface area contributed by atoms with Crippen LogP contribution >= 0.6 is 0 Å². The van der Waals surface area contributed by atoms with E-state index in [1.165, 1.54) is 17.1 Å². The number of sulfonamides is 1. The molecule has 150 valence electrons. The molecular formula is C19H30N4O3S. The second kappa shape index (κ2) is 6.58. The summed E-state index contributed by atoms with van der Waals surface area (Å²) < 4.78 is 28.7. The quantitative estimate of drug-likeness (QED) is 0.738. The van der Waals surface area contributed by atoms with Crippen LogP contribution < -0.4 is 0 Å². The number of hydrogen-bond acceptors (Lipinski definition) is 4. The first-order valence-electron chi connectivity index (χ1n) is 10.1. The molecule has 0 bridgehead atoms. The zero-order valence-corrected chi connectivity index (χ0v) is 17.3. The Kier molecular flexibility index (Phi) is 4.62. The zero-order valence-electron chi connectivity index (χ0n) is 16.5. The van der Waals surface area contributed by atoms with Crippen molar-refractivity contribution in [3.8, 4) is 0 Å². The van der Waals surface area contributed by atoms with Crippen molar-refractivity contribution >= 4 is 15.9 Å². The van der Waals surface area contributed by atoms with Crippen molar-refractivity contribution in [3.05, 3.63) is 18.2 Å². The van der Waals surface area contributed by atoms with Gasteiger partial charge in [-0.2, -0.15) is 0 Å². The van der Waals surface area contributed by atoms with Gasteiger partial charge in [-0.1, -0.05) is 0 Å². The van der Waals surface area contributed by atoms with Gasteiger partial charge in [0.05, 0.1) is 23.2 Å². The summed E-state index contributed by atoms with van der Waals surface area (Å²) in [4.78, 5) is 20.0. The number of nitrogens with zero attached hydrogens (tertiary/aromatic N) is 4. The SMILES string of the molecule is CCS(=O)(=O)N1C[C@@H](c2cn(C(C)C)cn2)[C@]2(CCN(CC3CC3)C2=O)C1. The molecule has 1 spiro atoms. The summed E-state index contributed by atoms with van der Waals surface area (Å²) in [7, 11) is -3.34. The van der Waals surface area contributed by atoms with E-state index in [2.05, 4.69) is 18.8 Å².